The Morgan fingerprint density at radius 3 is 2.81 bits per heavy atom. The number of aliphatic hydroxyl groups excluding tert-OH is 2. The van der Waals surface area contributed by atoms with Gasteiger partial charge in [0.15, 0.2) is 0 Å². The van der Waals surface area contributed by atoms with Crippen molar-refractivity contribution < 1.29 is 24.9 Å². The summed E-state index contributed by atoms with van der Waals surface area (Å²) >= 11 is 0. The second-order valence-corrected chi connectivity index (χ2v) is 4.60. The molecule has 1 aromatic rings. The van der Waals surface area contributed by atoms with Crippen molar-refractivity contribution in [3.05, 3.63) is 45.3 Å². The summed E-state index contributed by atoms with van der Waals surface area (Å²) in [6.45, 7) is 3.37. The first-order valence-corrected chi connectivity index (χ1v) is 6.08. The minimum Gasteiger partial charge on any atom is -0.477 e. The quantitative estimate of drug-likeness (QED) is 0.492. The van der Waals surface area contributed by atoms with E-state index in [0.29, 0.717) is 0 Å². The molecule has 21 heavy (non-hydrogen) atoms. The van der Waals surface area contributed by atoms with E-state index in [4.69, 9.17) is 9.84 Å². The van der Waals surface area contributed by atoms with E-state index < -0.39 is 47.3 Å². The molecule has 0 aromatic carbocycles. The van der Waals surface area contributed by atoms with Gasteiger partial charge in [-0.1, -0.05) is 6.08 Å². The standard InChI is InChI=1S/C12H14N2O7/c1-2-6(15)9-7(16)3-8(21-9)14-4-5(11(18)19)10(17)13-12(14)20/h2,4,6-9,15-16H,1,3H2,(H,18,19)(H,13,17,20)/t6?,7-,8+,9+/m0/s1. The molecule has 1 fully saturated rings. The topological polar surface area (TPSA) is 142 Å². The third-order valence-corrected chi connectivity index (χ3v) is 3.22. The number of carboxylic acid groups (broad SMARTS) is 1. The lowest BCUT2D eigenvalue weighted by molar-refractivity contribution is -0.0683. The Bertz CT molecular complexity index is 677. The fraction of sp³-hybridized carbons (Fsp3) is 0.417. The SMILES string of the molecule is C=CC(O)[C@H]1O[C@@H](n2cc(C(=O)O)c(=O)[nH]c2=O)C[C@@H]1O. The summed E-state index contributed by atoms with van der Waals surface area (Å²) in [6, 6.07) is 0. The molecule has 2 heterocycles. The highest BCUT2D eigenvalue weighted by atomic mass is 16.5. The number of aromatic nitrogens is 2. The van der Waals surface area contributed by atoms with Gasteiger partial charge in [0, 0.05) is 12.6 Å². The van der Waals surface area contributed by atoms with Crippen LogP contribution in [0.15, 0.2) is 28.4 Å². The fourth-order valence-electron chi connectivity index (χ4n) is 2.14. The summed E-state index contributed by atoms with van der Waals surface area (Å²) in [5.74, 6) is -1.49. The van der Waals surface area contributed by atoms with E-state index in [1.807, 2.05) is 4.98 Å². The highest BCUT2D eigenvalue weighted by Crippen LogP contribution is 2.29. The minimum atomic E-state index is -1.49. The second-order valence-electron chi connectivity index (χ2n) is 4.60. The van der Waals surface area contributed by atoms with Crippen LogP contribution in [0, 0.1) is 0 Å². The molecular weight excluding hydrogens is 284 g/mol. The Hall–Kier alpha value is -2.23. The van der Waals surface area contributed by atoms with E-state index >= 15 is 0 Å². The van der Waals surface area contributed by atoms with Gasteiger partial charge in [0.05, 0.1) is 6.10 Å². The van der Waals surface area contributed by atoms with Crippen LogP contribution in [0.25, 0.3) is 0 Å². The van der Waals surface area contributed by atoms with Crippen LogP contribution in [-0.2, 0) is 4.74 Å². The Balaban J connectivity index is 2.38. The Kier molecular flexibility index (Phi) is 4.07. The van der Waals surface area contributed by atoms with Crippen molar-refractivity contribution in [2.75, 3.05) is 0 Å². The molecule has 0 saturated carbocycles. The number of carboxylic acids is 1. The molecule has 0 aliphatic carbocycles. The number of nitrogens with zero attached hydrogens (tertiary/aromatic N) is 1. The Morgan fingerprint density at radius 1 is 1.57 bits per heavy atom. The van der Waals surface area contributed by atoms with Gasteiger partial charge in [-0.05, 0) is 0 Å². The molecule has 114 valence electrons. The summed E-state index contributed by atoms with van der Waals surface area (Å²) < 4.78 is 6.21. The second kappa shape index (κ2) is 5.64. The lowest BCUT2D eigenvalue weighted by Gasteiger charge is -2.18. The lowest BCUT2D eigenvalue weighted by Crippen LogP contribution is -2.36. The fourth-order valence-corrected chi connectivity index (χ4v) is 2.14. The zero-order valence-electron chi connectivity index (χ0n) is 10.8. The molecule has 2 rings (SSSR count). The van der Waals surface area contributed by atoms with Gasteiger partial charge in [0.1, 0.15) is 24.0 Å². The van der Waals surface area contributed by atoms with Crippen LogP contribution >= 0.6 is 0 Å². The largest absolute Gasteiger partial charge is 0.477 e. The van der Waals surface area contributed by atoms with Gasteiger partial charge in [-0.15, -0.1) is 6.58 Å². The zero-order chi connectivity index (χ0) is 15.7. The summed E-state index contributed by atoms with van der Waals surface area (Å²) in [5, 5.41) is 28.3. The number of aromatic amines is 1. The van der Waals surface area contributed by atoms with E-state index in [1.165, 1.54) is 6.08 Å². The monoisotopic (exact) mass is 298 g/mol. The van der Waals surface area contributed by atoms with Crippen LogP contribution in [-0.4, -0.2) is 49.2 Å². The molecule has 0 bridgehead atoms. The number of nitrogens with one attached hydrogen (secondary N) is 1. The maximum Gasteiger partial charge on any atom is 0.342 e. The summed E-state index contributed by atoms with van der Waals surface area (Å²) in [4.78, 5) is 35.8. The van der Waals surface area contributed by atoms with Gasteiger partial charge >= 0.3 is 11.7 Å². The van der Waals surface area contributed by atoms with E-state index in [0.717, 1.165) is 10.8 Å². The van der Waals surface area contributed by atoms with Crippen LogP contribution in [0.1, 0.15) is 23.0 Å². The average molecular weight is 298 g/mol. The molecule has 9 nitrogen and oxygen atoms in total. The molecule has 9 heteroatoms. The van der Waals surface area contributed by atoms with Crippen LogP contribution in [0.2, 0.25) is 0 Å². The van der Waals surface area contributed by atoms with Crippen LogP contribution in [0.5, 0.6) is 0 Å². The van der Waals surface area contributed by atoms with Gasteiger partial charge in [0.25, 0.3) is 5.56 Å². The molecule has 4 atom stereocenters. The predicted octanol–water partition coefficient (Wildman–Crippen LogP) is -1.57. The molecule has 0 spiro atoms. The molecule has 1 saturated heterocycles. The summed E-state index contributed by atoms with van der Waals surface area (Å²) in [7, 11) is 0. The van der Waals surface area contributed by atoms with Crippen molar-refractivity contribution in [3.63, 3.8) is 0 Å². The number of H-pyrrole nitrogens is 1. The zero-order valence-corrected chi connectivity index (χ0v) is 10.8. The van der Waals surface area contributed by atoms with Crippen molar-refractivity contribution in [2.24, 2.45) is 0 Å². The first-order chi connectivity index (χ1) is 9.85. The van der Waals surface area contributed by atoms with E-state index in [-0.39, 0.29) is 6.42 Å². The van der Waals surface area contributed by atoms with Gasteiger partial charge in [-0.2, -0.15) is 0 Å². The number of hydrogen-bond acceptors (Lipinski definition) is 6. The van der Waals surface area contributed by atoms with Crippen LogP contribution in [0.4, 0.5) is 0 Å². The van der Waals surface area contributed by atoms with Gasteiger partial charge in [0.2, 0.25) is 0 Å². The Morgan fingerprint density at radius 2 is 2.24 bits per heavy atom. The number of aliphatic hydroxyl groups is 2. The van der Waals surface area contributed by atoms with E-state index in [2.05, 4.69) is 6.58 Å². The third-order valence-electron chi connectivity index (χ3n) is 3.22. The Labute approximate surface area is 117 Å². The number of ether oxygens (including phenoxy) is 1. The smallest absolute Gasteiger partial charge is 0.342 e. The summed E-state index contributed by atoms with van der Waals surface area (Å²) in [5.41, 5.74) is -2.51. The van der Waals surface area contributed by atoms with Gasteiger partial charge in [-0.3, -0.25) is 14.3 Å². The van der Waals surface area contributed by atoms with Crippen LogP contribution < -0.4 is 11.2 Å². The molecule has 1 unspecified atom stereocenters. The molecular formula is C12H14N2O7. The van der Waals surface area contributed by atoms with Crippen molar-refractivity contribution >= 4 is 5.97 Å². The lowest BCUT2D eigenvalue weighted by atomic mass is 10.1. The maximum absolute atomic E-state index is 11.7. The molecule has 4 N–H and O–H groups in total. The van der Waals surface area contributed by atoms with E-state index in [1.54, 1.807) is 0 Å². The molecule has 1 aliphatic heterocycles. The first-order valence-electron chi connectivity index (χ1n) is 6.08. The maximum atomic E-state index is 11.7. The highest BCUT2D eigenvalue weighted by Gasteiger charge is 2.39. The van der Waals surface area contributed by atoms with Crippen molar-refractivity contribution in [2.45, 2.75) is 31.0 Å². The molecule has 0 amide bonds. The highest BCUT2D eigenvalue weighted by molar-refractivity contribution is 5.86. The first kappa shape index (κ1) is 15.2. The number of hydrogen-bond donors (Lipinski definition) is 4. The average Bonchev–Trinajstić information content (AvgIpc) is 2.79. The normalized spacial score (nSPS) is 26.5. The molecule has 1 aromatic heterocycles. The summed E-state index contributed by atoms with van der Waals surface area (Å²) in [6.07, 6.45) is -2.20. The predicted molar refractivity (Wildman–Crippen MR) is 69.0 cm³/mol. The third kappa shape index (κ3) is 2.79. The molecule has 1 aliphatic rings. The number of carbonyl (C=O) groups is 1. The van der Waals surface area contributed by atoms with Crippen molar-refractivity contribution in [1.82, 2.24) is 9.55 Å². The van der Waals surface area contributed by atoms with Crippen LogP contribution in [0.3, 0.4) is 0 Å². The number of aromatic carboxylic acids is 1. The minimum absolute atomic E-state index is 0.0411. The van der Waals surface area contributed by atoms with Crippen molar-refractivity contribution in [3.8, 4) is 0 Å². The number of rotatable bonds is 4. The van der Waals surface area contributed by atoms with Gasteiger partial charge < -0.3 is 20.1 Å². The van der Waals surface area contributed by atoms with E-state index in [9.17, 15) is 24.6 Å². The van der Waals surface area contributed by atoms with Gasteiger partial charge in [-0.25, -0.2) is 9.59 Å². The molecule has 0 radical (unpaired) electrons. The van der Waals surface area contributed by atoms with Crippen molar-refractivity contribution in [1.29, 1.82) is 0 Å².